The molecule has 3 heteroatoms. The van der Waals surface area contributed by atoms with Crippen LogP contribution in [0, 0.1) is 0 Å². The first-order chi connectivity index (χ1) is 5.25. The molecule has 0 aromatic rings. The molecule has 11 heavy (non-hydrogen) atoms. The third-order valence-corrected chi connectivity index (χ3v) is 1.68. The standard InChI is InChI=1S/C8H14N2O/c1-7(2)8-9-3-4-10(8)5-6-11/h11H,1,3-6H2,2H3. The van der Waals surface area contributed by atoms with Crippen molar-refractivity contribution in [2.45, 2.75) is 6.92 Å². The Morgan fingerprint density at radius 2 is 2.55 bits per heavy atom. The third-order valence-electron chi connectivity index (χ3n) is 1.68. The number of aliphatic hydroxyl groups excluding tert-OH is 1. The molecule has 1 heterocycles. The Morgan fingerprint density at radius 1 is 1.82 bits per heavy atom. The molecule has 0 saturated heterocycles. The Morgan fingerprint density at radius 3 is 3.09 bits per heavy atom. The minimum absolute atomic E-state index is 0.187. The van der Waals surface area contributed by atoms with Gasteiger partial charge in [0.05, 0.1) is 13.2 Å². The average Bonchev–Trinajstić information content (AvgIpc) is 2.36. The zero-order valence-corrected chi connectivity index (χ0v) is 6.88. The Bertz CT molecular complexity index is 187. The van der Waals surface area contributed by atoms with E-state index in [1.165, 1.54) is 0 Å². The fourth-order valence-corrected chi connectivity index (χ4v) is 1.23. The van der Waals surface area contributed by atoms with Crippen LogP contribution >= 0.6 is 0 Å². The van der Waals surface area contributed by atoms with Crippen molar-refractivity contribution >= 4 is 5.84 Å². The summed E-state index contributed by atoms with van der Waals surface area (Å²) in [6.45, 7) is 8.37. The molecule has 0 bridgehead atoms. The largest absolute Gasteiger partial charge is 0.395 e. The maximum Gasteiger partial charge on any atom is 0.126 e. The van der Waals surface area contributed by atoms with E-state index in [9.17, 15) is 0 Å². The second-order valence-electron chi connectivity index (χ2n) is 2.70. The molecule has 0 atom stereocenters. The molecular formula is C8H14N2O. The summed E-state index contributed by atoms with van der Waals surface area (Å²) in [6.07, 6.45) is 0. The molecule has 1 rings (SSSR count). The predicted octanol–water partition coefficient (Wildman–Crippen LogP) is 0.269. The van der Waals surface area contributed by atoms with Crippen LogP contribution in [-0.2, 0) is 0 Å². The van der Waals surface area contributed by atoms with Gasteiger partial charge in [-0.25, -0.2) is 0 Å². The summed E-state index contributed by atoms with van der Waals surface area (Å²) in [5.41, 5.74) is 0.982. The van der Waals surface area contributed by atoms with Gasteiger partial charge in [-0.2, -0.15) is 0 Å². The number of hydrogen-bond donors (Lipinski definition) is 1. The van der Waals surface area contributed by atoms with E-state index in [1.807, 2.05) is 6.92 Å². The molecule has 62 valence electrons. The van der Waals surface area contributed by atoms with Crippen LogP contribution in [0.1, 0.15) is 6.92 Å². The quantitative estimate of drug-likeness (QED) is 0.633. The zero-order valence-electron chi connectivity index (χ0n) is 6.88. The first kappa shape index (κ1) is 8.27. The van der Waals surface area contributed by atoms with Gasteiger partial charge < -0.3 is 10.0 Å². The second-order valence-corrected chi connectivity index (χ2v) is 2.70. The van der Waals surface area contributed by atoms with E-state index in [-0.39, 0.29) is 6.61 Å². The highest BCUT2D eigenvalue weighted by molar-refractivity contribution is 5.98. The predicted molar refractivity (Wildman–Crippen MR) is 45.8 cm³/mol. The lowest BCUT2D eigenvalue weighted by atomic mass is 10.3. The van der Waals surface area contributed by atoms with Crippen molar-refractivity contribution in [3.8, 4) is 0 Å². The second kappa shape index (κ2) is 3.53. The number of aliphatic hydroxyl groups is 1. The van der Waals surface area contributed by atoms with Crippen molar-refractivity contribution in [1.82, 2.24) is 4.90 Å². The Kier molecular flexibility index (Phi) is 2.65. The summed E-state index contributed by atoms with van der Waals surface area (Å²) in [5.74, 6) is 0.957. The molecule has 0 unspecified atom stereocenters. The summed E-state index contributed by atoms with van der Waals surface area (Å²) < 4.78 is 0. The monoisotopic (exact) mass is 154 g/mol. The molecule has 0 aromatic heterocycles. The maximum atomic E-state index is 8.70. The first-order valence-corrected chi connectivity index (χ1v) is 3.82. The van der Waals surface area contributed by atoms with Crippen molar-refractivity contribution < 1.29 is 5.11 Å². The lowest BCUT2D eigenvalue weighted by Gasteiger charge is -2.18. The van der Waals surface area contributed by atoms with E-state index in [2.05, 4.69) is 16.5 Å². The van der Waals surface area contributed by atoms with E-state index < -0.39 is 0 Å². The lowest BCUT2D eigenvalue weighted by Crippen LogP contribution is -2.30. The molecule has 0 fully saturated rings. The normalized spacial score (nSPS) is 16.9. The van der Waals surface area contributed by atoms with Gasteiger partial charge in [0, 0.05) is 13.1 Å². The van der Waals surface area contributed by atoms with Crippen LogP contribution in [0.25, 0.3) is 0 Å². The number of aliphatic imine (C=N–C) groups is 1. The SMILES string of the molecule is C=C(C)C1=NCCN1CCO. The highest BCUT2D eigenvalue weighted by atomic mass is 16.3. The molecule has 1 N–H and O–H groups in total. The minimum Gasteiger partial charge on any atom is -0.395 e. The molecule has 0 amide bonds. The van der Waals surface area contributed by atoms with Crippen molar-refractivity contribution in [2.24, 2.45) is 4.99 Å². The Hall–Kier alpha value is -0.830. The number of rotatable bonds is 3. The van der Waals surface area contributed by atoms with Gasteiger partial charge in [0.1, 0.15) is 5.84 Å². The van der Waals surface area contributed by atoms with E-state index in [0.29, 0.717) is 6.54 Å². The summed E-state index contributed by atoms with van der Waals surface area (Å²) >= 11 is 0. The lowest BCUT2D eigenvalue weighted by molar-refractivity contribution is 0.256. The minimum atomic E-state index is 0.187. The van der Waals surface area contributed by atoms with Crippen LogP contribution in [0.5, 0.6) is 0 Å². The highest BCUT2D eigenvalue weighted by Crippen LogP contribution is 2.06. The van der Waals surface area contributed by atoms with Gasteiger partial charge >= 0.3 is 0 Å². The van der Waals surface area contributed by atoms with Crippen LogP contribution in [0.2, 0.25) is 0 Å². The van der Waals surface area contributed by atoms with Gasteiger partial charge in [-0.1, -0.05) is 6.58 Å². The highest BCUT2D eigenvalue weighted by Gasteiger charge is 2.15. The Labute approximate surface area is 67.0 Å². The topological polar surface area (TPSA) is 35.8 Å². The van der Waals surface area contributed by atoms with Crippen molar-refractivity contribution in [2.75, 3.05) is 26.2 Å². The maximum absolute atomic E-state index is 8.70. The van der Waals surface area contributed by atoms with Crippen LogP contribution < -0.4 is 0 Å². The third kappa shape index (κ3) is 1.80. The summed E-state index contributed by atoms with van der Waals surface area (Å²) in [7, 11) is 0. The van der Waals surface area contributed by atoms with Crippen LogP contribution in [0.15, 0.2) is 17.1 Å². The van der Waals surface area contributed by atoms with Crippen molar-refractivity contribution in [3.63, 3.8) is 0 Å². The van der Waals surface area contributed by atoms with Crippen LogP contribution in [0.3, 0.4) is 0 Å². The summed E-state index contributed by atoms with van der Waals surface area (Å²) in [5, 5.41) is 8.70. The average molecular weight is 154 g/mol. The fourth-order valence-electron chi connectivity index (χ4n) is 1.23. The first-order valence-electron chi connectivity index (χ1n) is 3.82. The van der Waals surface area contributed by atoms with Gasteiger partial charge in [-0.3, -0.25) is 4.99 Å². The van der Waals surface area contributed by atoms with Crippen LogP contribution in [0.4, 0.5) is 0 Å². The van der Waals surface area contributed by atoms with Crippen molar-refractivity contribution in [3.05, 3.63) is 12.2 Å². The van der Waals surface area contributed by atoms with E-state index in [1.54, 1.807) is 0 Å². The van der Waals surface area contributed by atoms with E-state index in [0.717, 1.165) is 24.5 Å². The number of β-amino-alcohol motifs (C(OH)–C–C–N with tert-alkyl or cyclic N) is 1. The molecule has 1 aliphatic heterocycles. The number of hydrogen-bond acceptors (Lipinski definition) is 3. The summed E-state index contributed by atoms with van der Waals surface area (Å²) in [4.78, 5) is 6.33. The van der Waals surface area contributed by atoms with Crippen LogP contribution in [-0.4, -0.2) is 42.1 Å². The van der Waals surface area contributed by atoms with Gasteiger partial charge in [0.2, 0.25) is 0 Å². The molecule has 0 aromatic carbocycles. The summed E-state index contributed by atoms with van der Waals surface area (Å²) in [6, 6.07) is 0. The molecule has 1 aliphatic rings. The van der Waals surface area contributed by atoms with Gasteiger partial charge in [0.15, 0.2) is 0 Å². The van der Waals surface area contributed by atoms with E-state index in [4.69, 9.17) is 5.11 Å². The number of amidine groups is 1. The van der Waals surface area contributed by atoms with Gasteiger partial charge in [-0.15, -0.1) is 0 Å². The van der Waals surface area contributed by atoms with Gasteiger partial charge in [0.25, 0.3) is 0 Å². The fraction of sp³-hybridized carbons (Fsp3) is 0.625. The molecular weight excluding hydrogens is 140 g/mol. The molecule has 3 nitrogen and oxygen atoms in total. The van der Waals surface area contributed by atoms with Gasteiger partial charge in [-0.05, 0) is 12.5 Å². The van der Waals surface area contributed by atoms with Crippen molar-refractivity contribution in [1.29, 1.82) is 0 Å². The Balaban J connectivity index is 2.55. The zero-order chi connectivity index (χ0) is 8.27. The molecule has 0 aliphatic carbocycles. The molecule has 0 radical (unpaired) electrons. The molecule has 0 saturated carbocycles. The smallest absolute Gasteiger partial charge is 0.126 e. The number of nitrogens with zero attached hydrogens (tertiary/aromatic N) is 2. The molecule has 0 spiro atoms. The van der Waals surface area contributed by atoms with E-state index >= 15 is 0 Å².